The SMILES string of the molecule is O=C(NCc1nn[nH]n1)C1(c2ccc(Cl)cc2)CC1. The van der Waals surface area contributed by atoms with E-state index in [-0.39, 0.29) is 12.5 Å². The van der Waals surface area contributed by atoms with Gasteiger partial charge in [-0.05, 0) is 30.5 Å². The maximum atomic E-state index is 12.3. The molecule has 0 saturated heterocycles. The van der Waals surface area contributed by atoms with Gasteiger partial charge in [0.1, 0.15) is 0 Å². The van der Waals surface area contributed by atoms with Crippen LogP contribution in [0.5, 0.6) is 0 Å². The lowest BCUT2D eigenvalue weighted by atomic mass is 9.95. The van der Waals surface area contributed by atoms with Crippen LogP contribution >= 0.6 is 11.6 Å². The van der Waals surface area contributed by atoms with E-state index in [0.717, 1.165) is 18.4 Å². The second kappa shape index (κ2) is 4.62. The number of nitrogens with one attached hydrogen (secondary N) is 2. The summed E-state index contributed by atoms with van der Waals surface area (Å²) in [5.41, 5.74) is 0.594. The third-order valence-electron chi connectivity index (χ3n) is 3.38. The van der Waals surface area contributed by atoms with Crippen LogP contribution < -0.4 is 5.32 Å². The Bertz CT molecular complexity index is 577. The highest BCUT2D eigenvalue weighted by molar-refractivity contribution is 6.30. The molecule has 1 fully saturated rings. The minimum Gasteiger partial charge on any atom is -0.348 e. The standard InChI is InChI=1S/C12H12ClN5O/c13-9-3-1-8(2-4-9)12(5-6-12)11(19)14-7-10-15-17-18-16-10/h1-4H,5-7H2,(H,14,19)(H,15,16,17,18). The minimum absolute atomic E-state index is 0.000350. The third kappa shape index (κ3) is 2.31. The number of carbonyl (C=O) groups is 1. The van der Waals surface area contributed by atoms with E-state index in [0.29, 0.717) is 10.8 Å². The van der Waals surface area contributed by atoms with Crippen LogP contribution in [0, 0.1) is 0 Å². The predicted molar refractivity (Wildman–Crippen MR) is 68.4 cm³/mol. The van der Waals surface area contributed by atoms with Crippen LogP contribution in [0.4, 0.5) is 0 Å². The van der Waals surface area contributed by atoms with Crippen LogP contribution in [0.3, 0.4) is 0 Å². The van der Waals surface area contributed by atoms with Crippen molar-refractivity contribution in [3.8, 4) is 0 Å². The zero-order valence-electron chi connectivity index (χ0n) is 10.1. The molecule has 0 unspecified atom stereocenters. The van der Waals surface area contributed by atoms with Gasteiger partial charge in [-0.1, -0.05) is 28.9 Å². The number of benzene rings is 1. The number of nitrogens with zero attached hydrogens (tertiary/aromatic N) is 3. The number of amides is 1. The highest BCUT2D eigenvalue weighted by Gasteiger charge is 2.51. The summed E-state index contributed by atoms with van der Waals surface area (Å²) in [5.74, 6) is 0.472. The normalized spacial score (nSPS) is 16.1. The minimum atomic E-state index is -0.408. The second-order valence-electron chi connectivity index (χ2n) is 4.60. The number of hydrogen-bond donors (Lipinski definition) is 2. The van der Waals surface area contributed by atoms with E-state index in [1.54, 1.807) is 0 Å². The number of H-pyrrole nitrogens is 1. The Kier molecular flexibility index (Phi) is 2.94. The fourth-order valence-electron chi connectivity index (χ4n) is 2.13. The molecule has 0 radical (unpaired) electrons. The molecule has 19 heavy (non-hydrogen) atoms. The van der Waals surface area contributed by atoms with Gasteiger partial charge < -0.3 is 5.32 Å². The smallest absolute Gasteiger partial charge is 0.231 e. The number of aromatic amines is 1. The molecule has 1 heterocycles. The van der Waals surface area contributed by atoms with Gasteiger partial charge in [-0.25, -0.2) is 0 Å². The molecule has 2 aromatic rings. The van der Waals surface area contributed by atoms with Crippen molar-refractivity contribution in [2.45, 2.75) is 24.8 Å². The first-order valence-corrected chi connectivity index (χ1v) is 6.35. The lowest BCUT2D eigenvalue weighted by Crippen LogP contribution is -2.34. The van der Waals surface area contributed by atoms with Crippen LogP contribution in [-0.2, 0) is 16.8 Å². The van der Waals surface area contributed by atoms with E-state index in [4.69, 9.17) is 11.6 Å². The Morgan fingerprint density at radius 2 is 2.11 bits per heavy atom. The Morgan fingerprint density at radius 1 is 1.37 bits per heavy atom. The van der Waals surface area contributed by atoms with Gasteiger partial charge in [0.05, 0.1) is 12.0 Å². The molecule has 2 N–H and O–H groups in total. The number of aromatic nitrogens is 4. The molecule has 1 aromatic carbocycles. The first kappa shape index (κ1) is 12.1. The highest BCUT2D eigenvalue weighted by atomic mass is 35.5. The van der Waals surface area contributed by atoms with Crippen LogP contribution in [0.1, 0.15) is 24.2 Å². The van der Waals surface area contributed by atoms with E-state index in [1.807, 2.05) is 24.3 Å². The van der Waals surface area contributed by atoms with Crippen molar-refractivity contribution >= 4 is 17.5 Å². The molecule has 3 rings (SSSR count). The monoisotopic (exact) mass is 277 g/mol. The molecule has 0 bridgehead atoms. The summed E-state index contributed by atoms with van der Waals surface area (Å²) in [6, 6.07) is 7.43. The molecule has 1 aliphatic rings. The summed E-state index contributed by atoms with van der Waals surface area (Å²) >= 11 is 5.86. The number of halogens is 1. The van der Waals surface area contributed by atoms with Crippen molar-refractivity contribution in [3.05, 3.63) is 40.7 Å². The summed E-state index contributed by atoms with van der Waals surface area (Å²) in [6.45, 7) is 0.282. The summed E-state index contributed by atoms with van der Waals surface area (Å²) in [7, 11) is 0. The van der Waals surface area contributed by atoms with Crippen LogP contribution in [0.15, 0.2) is 24.3 Å². The summed E-state index contributed by atoms with van der Waals surface area (Å²) in [6.07, 6.45) is 1.71. The lowest BCUT2D eigenvalue weighted by Gasteiger charge is -2.15. The molecule has 1 aliphatic carbocycles. The van der Waals surface area contributed by atoms with Crippen LogP contribution in [0.25, 0.3) is 0 Å². The molecule has 1 amide bonds. The molecular weight excluding hydrogens is 266 g/mol. The van der Waals surface area contributed by atoms with E-state index in [9.17, 15) is 4.79 Å². The van der Waals surface area contributed by atoms with Gasteiger partial charge in [-0.2, -0.15) is 5.21 Å². The summed E-state index contributed by atoms with van der Waals surface area (Å²) in [4.78, 5) is 12.3. The van der Waals surface area contributed by atoms with Gasteiger partial charge >= 0.3 is 0 Å². The quantitative estimate of drug-likeness (QED) is 0.880. The Morgan fingerprint density at radius 3 is 2.68 bits per heavy atom. The summed E-state index contributed by atoms with van der Waals surface area (Å²) < 4.78 is 0. The molecule has 0 aliphatic heterocycles. The molecule has 0 atom stereocenters. The van der Waals surface area contributed by atoms with E-state index in [1.165, 1.54) is 0 Å². The van der Waals surface area contributed by atoms with Crippen LogP contribution in [-0.4, -0.2) is 26.5 Å². The first-order valence-electron chi connectivity index (χ1n) is 5.97. The second-order valence-corrected chi connectivity index (χ2v) is 5.04. The van der Waals surface area contributed by atoms with Crippen LogP contribution in [0.2, 0.25) is 5.02 Å². The van der Waals surface area contributed by atoms with Crippen molar-refractivity contribution in [1.82, 2.24) is 25.9 Å². The molecule has 0 spiro atoms. The lowest BCUT2D eigenvalue weighted by molar-refractivity contribution is -0.123. The van der Waals surface area contributed by atoms with Crippen molar-refractivity contribution in [2.24, 2.45) is 0 Å². The molecule has 98 valence electrons. The van der Waals surface area contributed by atoms with Crippen molar-refractivity contribution < 1.29 is 4.79 Å². The first-order chi connectivity index (χ1) is 9.21. The van der Waals surface area contributed by atoms with Crippen molar-refractivity contribution in [2.75, 3.05) is 0 Å². The average Bonchev–Trinajstić information content (AvgIpc) is 3.07. The maximum absolute atomic E-state index is 12.3. The van der Waals surface area contributed by atoms with Gasteiger partial charge in [0, 0.05) is 5.02 Å². The Balaban J connectivity index is 1.70. The largest absolute Gasteiger partial charge is 0.348 e. The number of carbonyl (C=O) groups excluding carboxylic acids is 1. The van der Waals surface area contributed by atoms with Crippen molar-refractivity contribution in [1.29, 1.82) is 0 Å². The van der Waals surface area contributed by atoms with Gasteiger partial charge in [0.15, 0.2) is 5.82 Å². The molecule has 1 saturated carbocycles. The zero-order chi connectivity index (χ0) is 13.3. The van der Waals surface area contributed by atoms with Gasteiger partial charge in [-0.3, -0.25) is 4.79 Å². The average molecular weight is 278 g/mol. The molecular formula is C12H12ClN5O. The fraction of sp³-hybridized carbons (Fsp3) is 0.333. The Labute approximate surface area is 114 Å². The van der Waals surface area contributed by atoms with E-state index in [2.05, 4.69) is 25.9 Å². The topological polar surface area (TPSA) is 83.6 Å². The van der Waals surface area contributed by atoms with Gasteiger partial charge in [0.25, 0.3) is 0 Å². The van der Waals surface area contributed by atoms with E-state index >= 15 is 0 Å². The number of hydrogen-bond acceptors (Lipinski definition) is 4. The maximum Gasteiger partial charge on any atom is 0.231 e. The molecule has 7 heteroatoms. The van der Waals surface area contributed by atoms with E-state index < -0.39 is 5.41 Å². The summed E-state index contributed by atoms with van der Waals surface area (Å²) in [5, 5.41) is 16.9. The van der Waals surface area contributed by atoms with Crippen molar-refractivity contribution in [3.63, 3.8) is 0 Å². The Hall–Kier alpha value is -1.95. The number of tetrazole rings is 1. The fourth-order valence-corrected chi connectivity index (χ4v) is 2.25. The van der Waals surface area contributed by atoms with Gasteiger partial charge in [-0.15, -0.1) is 10.2 Å². The zero-order valence-corrected chi connectivity index (χ0v) is 10.8. The van der Waals surface area contributed by atoms with Gasteiger partial charge in [0.2, 0.25) is 5.91 Å². The molecule has 6 nitrogen and oxygen atoms in total. The predicted octanol–water partition coefficient (Wildman–Crippen LogP) is 1.20. The third-order valence-corrected chi connectivity index (χ3v) is 3.63. The highest BCUT2D eigenvalue weighted by Crippen LogP contribution is 2.48. The molecule has 1 aromatic heterocycles. The number of rotatable bonds is 4.